The zero-order valence-corrected chi connectivity index (χ0v) is 18.8. The third kappa shape index (κ3) is 3.55. The average molecular weight is 454 g/mol. The van der Waals surface area contributed by atoms with Crippen molar-refractivity contribution in [2.75, 3.05) is 16.3 Å². The summed E-state index contributed by atoms with van der Waals surface area (Å²) in [6.45, 7) is 4.17. The standard InChI is InChI=1S/C27H22N2O5/c1-16-7-5-12-23(17(16)2)28-15-18(13-24(28)30)27(33)34-20-9-6-8-19(14-20)29-25(31)21-10-3-4-11-22(21)26(29)32/h3-12,14,18H,13,15H2,1-2H3/t18-/m1/s1. The minimum atomic E-state index is -0.615. The lowest BCUT2D eigenvalue weighted by atomic mass is 10.1. The Labute approximate surface area is 196 Å². The Hall–Kier alpha value is -4.26. The van der Waals surface area contributed by atoms with E-state index in [0.29, 0.717) is 16.8 Å². The number of amides is 3. The summed E-state index contributed by atoms with van der Waals surface area (Å²) in [5, 5.41) is 0. The summed E-state index contributed by atoms with van der Waals surface area (Å²) in [6.07, 6.45) is 0.0598. The van der Waals surface area contributed by atoms with Gasteiger partial charge >= 0.3 is 5.97 Å². The zero-order valence-electron chi connectivity index (χ0n) is 18.8. The number of rotatable bonds is 4. The van der Waals surface area contributed by atoms with E-state index in [4.69, 9.17) is 4.74 Å². The maximum Gasteiger partial charge on any atom is 0.316 e. The molecule has 0 aromatic heterocycles. The van der Waals surface area contributed by atoms with Gasteiger partial charge in [-0.3, -0.25) is 19.2 Å². The van der Waals surface area contributed by atoms with Gasteiger partial charge in [0.1, 0.15) is 5.75 Å². The van der Waals surface area contributed by atoms with E-state index < -0.39 is 23.7 Å². The van der Waals surface area contributed by atoms with Crippen LogP contribution in [0.5, 0.6) is 5.75 Å². The fourth-order valence-electron chi connectivity index (χ4n) is 4.44. The SMILES string of the molecule is Cc1cccc(N2C[C@H](C(=O)Oc3cccc(N4C(=O)c5ccccc5C4=O)c3)CC2=O)c1C. The summed E-state index contributed by atoms with van der Waals surface area (Å²) in [4.78, 5) is 53.8. The van der Waals surface area contributed by atoms with Gasteiger partial charge < -0.3 is 9.64 Å². The van der Waals surface area contributed by atoms with Crippen LogP contribution in [0.25, 0.3) is 0 Å². The van der Waals surface area contributed by atoms with Crippen LogP contribution in [-0.4, -0.2) is 30.2 Å². The molecular formula is C27H22N2O5. The van der Waals surface area contributed by atoms with Crippen LogP contribution in [0, 0.1) is 19.8 Å². The summed E-state index contributed by atoms with van der Waals surface area (Å²) >= 11 is 0. The van der Waals surface area contributed by atoms with Gasteiger partial charge in [0.15, 0.2) is 0 Å². The van der Waals surface area contributed by atoms with Crippen LogP contribution < -0.4 is 14.5 Å². The lowest BCUT2D eigenvalue weighted by molar-refractivity contribution is -0.139. The topological polar surface area (TPSA) is 84.0 Å². The van der Waals surface area contributed by atoms with Crippen LogP contribution in [0.1, 0.15) is 38.3 Å². The van der Waals surface area contributed by atoms with Gasteiger partial charge in [0, 0.05) is 24.7 Å². The molecule has 3 aromatic carbocycles. The minimum Gasteiger partial charge on any atom is -0.426 e. The van der Waals surface area contributed by atoms with E-state index in [2.05, 4.69) is 0 Å². The molecule has 1 saturated heterocycles. The molecule has 0 radical (unpaired) electrons. The van der Waals surface area contributed by atoms with Crippen LogP contribution in [0.15, 0.2) is 66.7 Å². The molecule has 2 heterocycles. The third-order valence-electron chi connectivity index (χ3n) is 6.41. The molecule has 0 spiro atoms. The van der Waals surface area contributed by atoms with Crippen LogP contribution in [-0.2, 0) is 9.59 Å². The third-order valence-corrected chi connectivity index (χ3v) is 6.41. The Morgan fingerprint density at radius 2 is 1.56 bits per heavy atom. The molecule has 1 atom stereocenters. The van der Waals surface area contributed by atoms with Crippen molar-refractivity contribution < 1.29 is 23.9 Å². The number of esters is 1. The van der Waals surface area contributed by atoms with Crippen molar-refractivity contribution in [2.45, 2.75) is 20.3 Å². The lowest BCUT2D eigenvalue weighted by Crippen LogP contribution is -2.29. The van der Waals surface area contributed by atoms with Crippen LogP contribution in [0.2, 0.25) is 0 Å². The second-order valence-electron chi connectivity index (χ2n) is 8.53. The number of carbonyl (C=O) groups excluding carboxylic acids is 4. The van der Waals surface area contributed by atoms with Gasteiger partial charge in [-0.1, -0.05) is 30.3 Å². The fraction of sp³-hybridized carbons (Fsp3) is 0.185. The second kappa shape index (κ2) is 8.26. The number of imide groups is 1. The molecular weight excluding hydrogens is 432 g/mol. The van der Waals surface area contributed by atoms with Gasteiger partial charge in [0.05, 0.1) is 22.7 Å². The van der Waals surface area contributed by atoms with Crippen molar-refractivity contribution in [3.05, 3.63) is 89.0 Å². The maximum absolute atomic E-state index is 12.9. The average Bonchev–Trinajstić information content (AvgIpc) is 3.33. The van der Waals surface area contributed by atoms with Crippen molar-refractivity contribution >= 4 is 35.1 Å². The Morgan fingerprint density at radius 1 is 0.882 bits per heavy atom. The van der Waals surface area contributed by atoms with Gasteiger partial charge in [-0.25, -0.2) is 4.90 Å². The quantitative estimate of drug-likeness (QED) is 0.337. The number of ether oxygens (including phenoxy) is 1. The molecule has 0 unspecified atom stereocenters. The maximum atomic E-state index is 12.9. The van der Waals surface area contributed by atoms with Crippen molar-refractivity contribution in [1.82, 2.24) is 0 Å². The number of benzene rings is 3. The van der Waals surface area contributed by atoms with E-state index in [0.717, 1.165) is 21.7 Å². The summed E-state index contributed by atoms with van der Waals surface area (Å²) in [6, 6.07) is 18.7. The molecule has 3 amide bonds. The number of carbonyl (C=O) groups is 4. The highest BCUT2D eigenvalue weighted by atomic mass is 16.5. The first-order valence-electron chi connectivity index (χ1n) is 11.0. The first kappa shape index (κ1) is 21.6. The summed E-state index contributed by atoms with van der Waals surface area (Å²) in [5.41, 5.74) is 3.86. The van der Waals surface area contributed by atoms with E-state index in [1.165, 1.54) is 6.07 Å². The second-order valence-corrected chi connectivity index (χ2v) is 8.53. The first-order valence-corrected chi connectivity index (χ1v) is 11.0. The fourth-order valence-corrected chi connectivity index (χ4v) is 4.44. The number of anilines is 2. The lowest BCUT2D eigenvalue weighted by Gasteiger charge is -2.20. The summed E-state index contributed by atoms with van der Waals surface area (Å²) < 4.78 is 5.57. The Balaban J connectivity index is 1.32. The summed E-state index contributed by atoms with van der Waals surface area (Å²) in [5.74, 6) is -1.91. The van der Waals surface area contributed by atoms with Gasteiger partial charge in [0.2, 0.25) is 5.91 Å². The smallest absolute Gasteiger partial charge is 0.316 e. The van der Waals surface area contributed by atoms with Gasteiger partial charge in [-0.15, -0.1) is 0 Å². The molecule has 1 fully saturated rings. The van der Waals surface area contributed by atoms with Gasteiger partial charge in [0.25, 0.3) is 11.8 Å². The minimum absolute atomic E-state index is 0.0598. The van der Waals surface area contributed by atoms with Crippen molar-refractivity contribution in [2.24, 2.45) is 5.92 Å². The number of nitrogens with zero attached hydrogens (tertiary/aromatic N) is 2. The molecule has 7 nitrogen and oxygen atoms in total. The van der Waals surface area contributed by atoms with E-state index in [9.17, 15) is 19.2 Å². The van der Waals surface area contributed by atoms with Crippen LogP contribution in [0.3, 0.4) is 0 Å². The number of hydrogen-bond acceptors (Lipinski definition) is 5. The van der Waals surface area contributed by atoms with E-state index in [1.54, 1.807) is 47.4 Å². The number of fused-ring (bicyclic) bond motifs is 1. The van der Waals surface area contributed by atoms with Gasteiger partial charge in [-0.2, -0.15) is 0 Å². The zero-order chi connectivity index (χ0) is 24.0. The number of hydrogen-bond donors (Lipinski definition) is 0. The molecule has 3 aromatic rings. The first-order chi connectivity index (χ1) is 16.3. The molecule has 2 aliphatic heterocycles. The highest BCUT2D eigenvalue weighted by Gasteiger charge is 2.38. The summed E-state index contributed by atoms with van der Waals surface area (Å²) in [7, 11) is 0. The highest BCUT2D eigenvalue weighted by molar-refractivity contribution is 6.34. The van der Waals surface area contributed by atoms with Crippen molar-refractivity contribution in [1.29, 1.82) is 0 Å². The van der Waals surface area contributed by atoms with E-state index >= 15 is 0 Å². The van der Waals surface area contributed by atoms with Crippen LogP contribution >= 0.6 is 0 Å². The predicted octanol–water partition coefficient (Wildman–Crippen LogP) is 4.06. The molecule has 2 aliphatic rings. The largest absolute Gasteiger partial charge is 0.426 e. The molecule has 0 aliphatic carbocycles. The molecule has 0 N–H and O–H groups in total. The molecule has 7 heteroatoms. The van der Waals surface area contributed by atoms with E-state index in [1.807, 2.05) is 32.0 Å². The predicted molar refractivity (Wildman–Crippen MR) is 126 cm³/mol. The Bertz CT molecular complexity index is 1330. The van der Waals surface area contributed by atoms with Crippen molar-refractivity contribution in [3.63, 3.8) is 0 Å². The molecule has 34 heavy (non-hydrogen) atoms. The molecule has 0 saturated carbocycles. The Kier molecular flexibility index (Phi) is 5.24. The van der Waals surface area contributed by atoms with Crippen molar-refractivity contribution in [3.8, 4) is 5.75 Å². The Morgan fingerprint density at radius 3 is 2.26 bits per heavy atom. The van der Waals surface area contributed by atoms with E-state index in [-0.39, 0.29) is 24.6 Å². The van der Waals surface area contributed by atoms with Gasteiger partial charge in [-0.05, 0) is 55.3 Å². The normalized spacial score (nSPS) is 17.4. The highest BCUT2D eigenvalue weighted by Crippen LogP contribution is 2.32. The molecule has 170 valence electrons. The number of aryl methyl sites for hydroxylation is 1. The molecule has 5 rings (SSSR count). The monoisotopic (exact) mass is 454 g/mol. The molecule has 0 bridgehead atoms. The van der Waals surface area contributed by atoms with Crippen LogP contribution in [0.4, 0.5) is 11.4 Å².